The summed E-state index contributed by atoms with van der Waals surface area (Å²) < 4.78 is 0. The highest BCUT2D eigenvalue weighted by molar-refractivity contribution is 5.13. The molecular formula is C14H24O. The van der Waals surface area contributed by atoms with Gasteiger partial charge in [-0.15, -0.1) is 0 Å². The topological polar surface area (TPSA) is 20.2 Å². The number of aliphatic hydroxyl groups is 1. The van der Waals surface area contributed by atoms with Crippen molar-refractivity contribution in [2.75, 3.05) is 0 Å². The Labute approximate surface area is 93.6 Å². The van der Waals surface area contributed by atoms with E-state index >= 15 is 0 Å². The average Bonchev–Trinajstić information content (AvgIpc) is 2.56. The molecule has 0 heterocycles. The first-order chi connectivity index (χ1) is 7.09. The van der Waals surface area contributed by atoms with Gasteiger partial charge in [0.15, 0.2) is 0 Å². The molecule has 0 aromatic heterocycles. The van der Waals surface area contributed by atoms with E-state index in [0.717, 1.165) is 12.8 Å². The third-order valence-corrected chi connectivity index (χ3v) is 5.04. The lowest BCUT2D eigenvalue weighted by molar-refractivity contribution is -0.0112. The fourth-order valence-electron chi connectivity index (χ4n) is 4.07. The van der Waals surface area contributed by atoms with Crippen LogP contribution in [-0.4, -0.2) is 11.2 Å². The summed E-state index contributed by atoms with van der Waals surface area (Å²) in [7, 11) is 0. The lowest BCUT2D eigenvalue weighted by Gasteiger charge is -2.43. The molecule has 2 rings (SSSR count). The maximum absolute atomic E-state index is 10.1. The number of hydrogen-bond donors (Lipinski definition) is 1. The highest BCUT2D eigenvalue weighted by Crippen LogP contribution is 2.57. The molecule has 15 heavy (non-hydrogen) atoms. The predicted octanol–water partition coefficient (Wildman–Crippen LogP) is 3.53. The Morgan fingerprint density at radius 3 is 2.80 bits per heavy atom. The van der Waals surface area contributed by atoms with Crippen molar-refractivity contribution in [3.8, 4) is 0 Å². The summed E-state index contributed by atoms with van der Waals surface area (Å²) in [6.07, 6.45) is 7.03. The van der Waals surface area contributed by atoms with Crippen LogP contribution in [-0.2, 0) is 0 Å². The van der Waals surface area contributed by atoms with Gasteiger partial charge in [0.25, 0.3) is 0 Å². The highest BCUT2D eigenvalue weighted by Gasteiger charge is 2.51. The maximum Gasteiger partial charge on any atom is 0.0573 e. The smallest absolute Gasteiger partial charge is 0.0573 e. The monoisotopic (exact) mass is 208 g/mol. The highest BCUT2D eigenvalue weighted by atomic mass is 16.3. The lowest BCUT2D eigenvalue weighted by Crippen LogP contribution is -2.40. The van der Waals surface area contributed by atoms with Crippen LogP contribution in [0.15, 0.2) is 12.2 Å². The van der Waals surface area contributed by atoms with E-state index in [1.165, 1.54) is 31.3 Å². The zero-order valence-corrected chi connectivity index (χ0v) is 10.1. The summed E-state index contributed by atoms with van der Waals surface area (Å²) in [5.41, 5.74) is 1.76. The van der Waals surface area contributed by atoms with Crippen molar-refractivity contribution in [1.29, 1.82) is 0 Å². The Morgan fingerprint density at radius 2 is 2.13 bits per heavy atom. The first-order valence-corrected chi connectivity index (χ1v) is 6.45. The van der Waals surface area contributed by atoms with Crippen LogP contribution in [0.3, 0.4) is 0 Å². The first kappa shape index (κ1) is 11.2. The Kier molecular flexibility index (Phi) is 2.94. The fourth-order valence-corrected chi connectivity index (χ4v) is 4.07. The van der Waals surface area contributed by atoms with E-state index in [4.69, 9.17) is 0 Å². The molecule has 1 heteroatoms. The minimum absolute atomic E-state index is 0.0431. The van der Waals surface area contributed by atoms with E-state index in [0.29, 0.717) is 17.3 Å². The van der Waals surface area contributed by atoms with Gasteiger partial charge in [0.05, 0.1) is 6.10 Å². The van der Waals surface area contributed by atoms with Crippen LogP contribution in [0.2, 0.25) is 0 Å². The molecule has 1 nitrogen and oxygen atoms in total. The van der Waals surface area contributed by atoms with Crippen LogP contribution < -0.4 is 0 Å². The Hall–Kier alpha value is -0.300. The van der Waals surface area contributed by atoms with Crippen LogP contribution >= 0.6 is 0 Å². The number of aliphatic hydroxyl groups excluding tert-OH is 1. The number of allylic oxidation sites excluding steroid dienone is 1. The quantitative estimate of drug-likeness (QED) is 0.688. The third kappa shape index (κ3) is 1.65. The predicted molar refractivity (Wildman–Crippen MR) is 63.6 cm³/mol. The molecule has 0 aromatic rings. The van der Waals surface area contributed by atoms with Crippen molar-refractivity contribution in [2.24, 2.45) is 17.3 Å². The van der Waals surface area contributed by atoms with Gasteiger partial charge in [-0.25, -0.2) is 0 Å². The second-order valence-electron chi connectivity index (χ2n) is 5.71. The normalized spacial score (nSPS) is 45.1. The molecule has 4 unspecified atom stereocenters. The molecular weight excluding hydrogens is 184 g/mol. The number of hydrogen-bond acceptors (Lipinski definition) is 1. The fraction of sp³-hybridized carbons (Fsp3) is 0.857. The molecule has 0 radical (unpaired) electrons. The molecule has 0 spiro atoms. The van der Waals surface area contributed by atoms with Gasteiger partial charge in [0.1, 0.15) is 0 Å². The largest absolute Gasteiger partial charge is 0.393 e. The second kappa shape index (κ2) is 3.93. The van der Waals surface area contributed by atoms with Gasteiger partial charge in [-0.1, -0.05) is 32.4 Å². The van der Waals surface area contributed by atoms with Gasteiger partial charge in [-0.2, -0.15) is 0 Å². The molecule has 4 atom stereocenters. The van der Waals surface area contributed by atoms with Gasteiger partial charge in [-0.3, -0.25) is 0 Å². The number of fused-ring (bicyclic) bond motifs is 1. The van der Waals surface area contributed by atoms with E-state index in [1.807, 2.05) is 0 Å². The lowest BCUT2D eigenvalue weighted by atomic mass is 9.63. The molecule has 2 aliphatic rings. The minimum atomic E-state index is -0.0431. The Bertz CT molecular complexity index is 258. The molecule has 0 saturated heterocycles. The van der Waals surface area contributed by atoms with Crippen molar-refractivity contribution in [3.05, 3.63) is 12.2 Å². The van der Waals surface area contributed by atoms with Crippen molar-refractivity contribution in [2.45, 2.75) is 58.5 Å². The zero-order chi connectivity index (χ0) is 11.1. The van der Waals surface area contributed by atoms with E-state index in [1.54, 1.807) is 0 Å². The Balaban J connectivity index is 2.21. The molecule has 2 aliphatic carbocycles. The van der Waals surface area contributed by atoms with Crippen LogP contribution in [0.5, 0.6) is 0 Å². The SMILES string of the molecule is C=C(CC)C1CCC2C(O)CCCC12C. The van der Waals surface area contributed by atoms with Crippen LogP contribution in [0.1, 0.15) is 52.4 Å². The van der Waals surface area contributed by atoms with Crippen LogP contribution in [0.4, 0.5) is 0 Å². The zero-order valence-electron chi connectivity index (χ0n) is 10.1. The molecule has 86 valence electrons. The maximum atomic E-state index is 10.1. The van der Waals surface area contributed by atoms with E-state index in [9.17, 15) is 5.11 Å². The molecule has 0 aliphatic heterocycles. The minimum Gasteiger partial charge on any atom is -0.393 e. The van der Waals surface area contributed by atoms with Crippen molar-refractivity contribution >= 4 is 0 Å². The van der Waals surface area contributed by atoms with E-state index in [2.05, 4.69) is 20.4 Å². The van der Waals surface area contributed by atoms with Gasteiger partial charge >= 0.3 is 0 Å². The van der Waals surface area contributed by atoms with Crippen molar-refractivity contribution < 1.29 is 5.11 Å². The second-order valence-corrected chi connectivity index (χ2v) is 5.71. The first-order valence-electron chi connectivity index (χ1n) is 6.45. The van der Waals surface area contributed by atoms with Crippen molar-refractivity contribution in [3.63, 3.8) is 0 Å². The summed E-state index contributed by atoms with van der Waals surface area (Å²) in [5.74, 6) is 1.21. The molecule has 0 aromatic carbocycles. The third-order valence-electron chi connectivity index (χ3n) is 5.04. The Morgan fingerprint density at radius 1 is 1.40 bits per heavy atom. The van der Waals surface area contributed by atoms with Gasteiger partial charge in [0, 0.05) is 0 Å². The van der Waals surface area contributed by atoms with E-state index < -0.39 is 0 Å². The summed E-state index contributed by atoms with van der Waals surface area (Å²) in [6, 6.07) is 0. The van der Waals surface area contributed by atoms with Gasteiger partial charge in [-0.05, 0) is 49.4 Å². The summed E-state index contributed by atoms with van der Waals surface area (Å²) in [5, 5.41) is 10.1. The van der Waals surface area contributed by atoms with E-state index in [-0.39, 0.29) is 6.10 Å². The molecule has 2 saturated carbocycles. The number of rotatable bonds is 2. The summed E-state index contributed by atoms with van der Waals surface area (Å²) in [6.45, 7) is 8.83. The average molecular weight is 208 g/mol. The molecule has 2 fully saturated rings. The van der Waals surface area contributed by atoms with Gasteiger partial charge in [0.2, 0.25) is 0 Å². The standard InChI is InChI=1S/C14H24O/c1-4-10(2)11-7-8-12-13(15)6-5-9-14(11,12)3/h11-13,15H,2,4-9H2,1,3H3. The summed E-state index contributed by atoms with van der Waals surface area (Å²) >= 11 is 0. The molecule has 0 amide bonds. The molecule has 1 N–H and O–H groups in total. The summed E-state index contributed by atoms with van der Waals surface area (Å²) in [4.78, 5) is 0. The van der Waals surface area contributed by atoms with Crippen LogP contribution in [0.25, 0.3) is 0 Å². The van der Waals surface area contributed by atoms with Crippen molar-refractivity contribution in [1.82, 2.24) is 0 Å². The van der Waals surface area contributed by atoms with Crippen LogP contribution in [0, 0.1) is 17.3 Å². The van der Waals surface area contributed by atoms with Gasteiger partial charge < -0.3 is 5.11 Å². The molecule has 0 bridgehead atoms.